The first-order chi connectivity index (χ1) is 30.1. The Hall–Kier alpha value is -3.34. The molecule has 354 valence electrons. The predicted octanol–water partition coefficient (Wildman–Crippen LogP) is 12.7. The highest BCUT2D eigenvalue weighted by Gasteiger charge is 2.28. The van der Waals surface area contributed by atoms with Crippen molar-refractivity contribution in [1.82, 2.24) is 5.32 Å². The SMILES string of the molecule is CC/C=C\C/C=C\C/C=C\CCCCCCCC(=O)NC(COP(=O)(O)OCC(O)COC(=O)CCCCCCCCC/C=C\C/C=C\C/C=C\C/C=C\CCCCC)C(=O)O. The number of unbranched alkanes of at least 4 members (excludes halogenated alkanes) is 15. The van der Waals surface area contributed by atoms with Crippen LogP contribution in [-0.4, -0.2) is 64.9 Å². The molecule has 3 unspecified atom stereocenters. The number of rotatable bonds is 43. The van der Waals surface area contributed by atoms with E-state index in [2.05, 4.69) is 104 Å². The van der Waals surface area contributed by atoms with Gasteiger partial charge in [-0.25, -0.2) is 9.36 Å². The molecule has 1 amide bonds. The van der Waals surface area contributed by atoms with Crippen molar-refractivity contribution in [3.05, 3.63) is 85.1 Å². The first kappa shape index (κ1) is 58.7. The van der Waals surface area contributed by atoms with E-state index in [9.17, 15) is 34.1 Å². The molecular weight excluding hydrogens is 806 g/mol. The van der Waals surface area contributed by atoms with Crippen LogP contribution in [0.1, 0.15) is 181 Å². The molecule has 4 N–H and O–H groups in total. The summed E-state index contributed by atoms with van der Waals surface area (Å²) in [7, 11) is -4.77. The first-order valence-electron chi connectivity index (χ1n) is 23.6. The van der Waals surface area contributed by atoms with Crippen LogP contribution in [0.3, 0.4) is 0 Å². The Morgan fingerprint density at radius 1 is 0.532 bits per heavy atom. The Balaban J connectivity index is 3.90. The molecule has 0 rings (SSSR count). The standard InChI is InChI=1S/C50H84NO10P/c1-3-5-7-9-11-13-15-17-19-20-21-22-23-24-25-26-28-30-32-34-36-38-40-42-49(54)59-43-46(52)44-60-62(57,58)61-45-47(50(55)56)51-48(53)41-39-37-35-33-31-29-27-18-16-14-12-10-8-6-4-2/h6,8,11-14,17-19,21-22,24-25,27,46-47,52H,3-5,7,9-10,15-16,20,23,26,28-45H2,1-2H3,(H,51,53)(H,55,56)(H,57,58)/b8-6-,13-11-,14-12-,19-17-,22-21-,25-24-,27-18-. The van der Waals surface area contributed by atoms with Gasteiger partial charge in [-0.1, -0.05) is 163 Å². The largest absolute Gasteiger partial charge is 0.480 e. The maximum Gasteiger partial charge on any atom is 0.472 e. The van der Waals surface area contributed by atoms with Gasteiger partial charge in [-0.3, -0.25) is 18.6 Å². The first-order valence-corrected chi connectivity index (χ1v) is 25.1. The minimum Gasteiger partial charge on any atom is -0.480 e. The summed E-state index contributed by atoms with van der Waals surface area (Å²) in [4.78, 5) is 46.0. The van der Waals surface area contributed by atoms with Gasteiger partial charge in [0, 0.05) is 12.8 Å². The molecule has 0 fully saturated rings. The van der Waals surface area contributed by atoms with Gasteiger partial charge in [0.1, 0.15) is 12.7 Å². The van der Waals surface area contributed by atoms with E-state index in [1.165, 1.54) is 38.5 Å². The summed E-state index contributed by atoms with van der Waals surface area (Å²) in [5.41, 5.74) is 0. The Morgan fingerprint density at radius 2 is 0.935 bits per heavy atom. The van der Waals surface area contributed by atoms with Crippen molar-refractivity contribution in [2.75, 3.05) is 19.8 Å². The van der Waals surface area contributed by atoms with Crippen LogP contribution in [0.5, 0.6) is 0 Å². The van der Waals surface area contributed by atoms with E-state index in [1.54, 1.807) is 0 Å². The number of phosphoric ester groups is 1. The third-order valence-corrected chi connectivity index (χ3v) is 10.6. The third kappa shape index (κ3) is 43.3. The monoisotopic (exact) mass is 890 g/mol. The quantitative estimate of drug-likeness (QED) is 0.0200. The van der Waals surface area contributed by atoms with Gasteiger partial charge in [0.05, 0.1) is 13.2 Å². The number of ether oxygens (including phenoxy) is 1. The highest BCUT2D eigenvalue weighted by Crippen LogP contribution is 2.43. The molecule has 0 heterocycles. The van der Waals surface area contributed by atoms with Gasteiger partial charge < -0.3 is 25.2 Å². The van der Waals surface area contributed by atoms with Gasteiger partial charge in [0.2, 0.25) is 5.91 Å². The lowest BCUT2D eigenvalue weighted by Gasteiger charge is -2.18. The summed E-state index contributed by atoms with van der Waals surface area (Å²) in [5.74, 6) is -2.42. The average Bonchev–Trinajstić information content (AvgIpc) is 3.25. The van der Waals surface area contributed by atoms with Crippen molar-refractivity contribution < 1.29 is 47.8 Å². The molecule has 0 aromatic heterocycles. The minimum atomic E-state index is -4.77. The summed E-state index contributed by atoms with van der Waals surface area (Å²) >= 11 is 0. The minimum absolute atomic E-state index is 0.121. The fraction of sp³-hybridized carbons (Fsp3) is 0.660. The van der Waals surface area contributed by atoms with Crippen LogP contribution < -0.4 is 5.32 Å². The van der Waals surface area contributed by atoms with Crippen molar-refractivity contribution in [2.24, 2.45) is 0 Å². The van der Waals surface area contributed by atoms with Crippen LogP contribution in [-0.2, 0) is 32.7 Å². The van der Waals surface area contributed by atoms with E-state index in [4.69, 9.17) is 13.8 Å². The van der Waals surface area contributed by atoms with Crippen LogP contribution in [0.2, 0.25) is 0 Å². The number of hydrogen-bond donors (Lipinski definition) is 4. The number of hydrogen-bond acceptors (Lipinski definition) is 8. The van der Waals surface area contributed by atoms with Gasteiger partial charge in [0.25, 0.3) is 0 Å². The van der Waals surface area contributed by atoms with Gasteiger partial charge in [-0.15, -0.1) is 0 Å². The Labute approximate surface area is 375 Å². The smallest absolute Gasteiger partial charge is 0.472 e. The van der Waals surface area contributed by atoms with Crippen molar-refractivity contribution in [3.8, 4) is 0 Å². The summed E-state index contributed by atoms with van der Waals surface area (Å²) in [5, 5.41) is 21.8. The third-order valence-electron chi connectivity index (χ3n) is 9.67. The molecule has 62 heavy (non-hydrogen) atoms. The molecule has 0 aromatic carbocycles. The normalized spacial score (nSPS) is 14.4. The molecule has 0 radical (unpaired) electrons. The maximum atomic E-state index is 12.3. The Kier molecular flexibility index (Phi) is 41.9. The second-order valence-electron chi connectivity index (χ2n) is 15.6. The number of aliphatic hydroxyl groups is 1. The van der Waals surface area contributed by atoms with Gasteiger partial charge in [0.15, 0.2) is 6.04 Å². The molecule has 3 atom stereocenters. The van der Waals surface area contributed by atoms with E-state index < -0.39 is 57.6 Å². The van der Waals surface area contributed by atoms with Crippen molar-refractivity contribution in [1.29, 1.82) is 0 Å². The number of carbonyl (C=O) groups is 3. The predicted molar refractivity (Wildman–Crippen MR) is 254 cm³/mol. The number of aliphatic hydroxyl groups excluding tert-OH is 1. The number of phosphoric acid groups is 1. The molecule has 11 nitrogen and oxygen atoms in total. The van der Waals surface area contributed by atoms with E-state index in [0.717, 1.165) is 103 Å². The molecule has 0 spiro atoms. The lowest BCUT2D eigenvalue weighted by molar-refractivity contribution is -0.147. The zero-order valence-electron chi connectivity index (χ0n) is 38.4. The molecule has 0 saturated heterocycles. The van der Waals surface area contributed by atoms with E-state index in [-0.39, 0.29) is 12.8 Å². The van der Waals surface area contributed by atoms with Crippen LogP contribution in [0.4, 0.5) is 0 Å². The summed E-state index contributed by atoms with van der Waals surface area (Å²) < 4.78 is 26.9. The van der Waals surface area contributed by atoms with Gasteiger partial charge in [-0.2, -0.15) is 0 Å². The number of carboxylic acids is 1. The topological polar surface area (TPSA) is 169 Å². The summed E-state index contributed by atoms with van der Waals surface area (Å²) in [6.45, 7) is 2.42. The number of nitrogens with one attached hydrogen (secondary N) is 1. The van der Waals surface area contributed by atoms with Gasteiger partial charge >= 0.3 is 19.8 Å². The number of esters is 1. The molecular formula is C50H84NO10P. The van der Waals surface area contributed by atoms with E-state index >= 15 is 0 Å². The molecule has 0 aliphatic rings. The van der Waals surface area contributed by atoms with Crippen LogP contribution in [0.15, 0.2) is 85.1 Å². The molecule has 12 heteroatoms. The zero-order valence-corrected chi connectivity index (χ0v) is 39.3. The van der Waals surface area contributed by atoms with Crippen molar-refractivity contribution >= 4 is 25.7 Å². The Bertz CT molecular complexity index is 1370. The van der Waals surface area contributed by atoms with E-state index in [1.807, 2.05) is 0 Å². The fourth-order valence-electron chi connectivity index (χ4n) is 6.02. The lowest BCUT2D eigenvalue weighted by Crippen LogP contribution is -2.43. The average molecular weight is 890 g/mol. The number of aliphatic carboxylic acids is 1. The number of allylic oxidation sites excluding steroid dienone is 14. The number of carboxylic acid groups (broad SMARTS) is 1. The molecule has 0 aliphatic heterocycles. The number of carbonyl (C=O) groups excluding carboxylic acids is 2. The second kappa shape index (κ2) is 44.3. The molecule has 0 aromatic rings. The Morgan fingerprint density at radius 3 is 1.40 bits per heavy atom. The van der Waals surface area contributed by atoms with Gasteiger partial charge in [-0.05, 0) is 89.9 Å². The van der Waals surface area contributed by atoms with E-state index in [0.29, 0.717) is 12.8 Å². The second-order valence-corrected chi connectivity index (χ2v) is 17.0. The highest BCUT2D eigenvalue weighted by atomic mass is 31.2. The fourth-order valence-corrected chi connectivity index (χ4v) is 6.79. The number of amides is 1. The highest BCUT2D eigenvalue weighted by molar-refractivity contribution is 7.47. The van der Waals surface area contributed by atoms with Crippen LogP contribution >= 0.6 is 7.82 Å². The lowest BCUT2D eigenvalue weighted by atomic mass is 10.1. The summed E-state index contributed by atoms with van der Waals surface area (Å²) in [6, 6.07) is -1.56. The molecule has 0 aliphatic carbocycles. The maximum absolute atomic E-state index is 12.3. The van der Waals surface area contributed by atoms with Crippen LogP contribution in [0, 0.1) is 0 Å². The van der Waals surface area contributed by atoms with Crippen molar-refractivity contribution in [2.45, 2.75) is 193 Å². The van der Waals surface area contributed by atoms with Crippen molar-refractivity contribution in [3.63, 3.8) is 0 Å². The molecule has 0 bridgehead atoms. The zero-order chi connectivity index (χ0) is 45.6. The van der Waals surface area contributed by atoms with Crippen LogP contribution in [0.25, 0.3) is 0 Å². The summed E-state index contributed by atoms with van der Waals surface area (Å²) in [6.07, 6.45) is 54.6. The molecule has 0 saturated carbocycles.